The van der Waals surface area contributed by atoms with E-state index in [0.29, 0.717) is 5.75 Å². The van der Waals surface area contributed by atoms with Gasteiger partial charge in [-0.1, -0.05) is 72.1 Å². The molecule has 0 aliphatic rings. The van der Waals surface area contributed by atoms with Crippen LogP contribution in [-0.4, -0.2) is 32.6 Å². The molecule has 9 heteroatoms. The third-order valence-corrected chi connectivity index (χ3v) is 7.03. The maximum absolute atomic E-state index is 12.4. The van der Waals surface area contributed by atoms with Crippen LogP contribution in [0.4, 0.5) is 0 Å². The zero-order valence-corrected chi connectivity index (χ0v) is 16.7. The molecule has 2 aromatic heterocycles. The van der Waals surface area contributed by atoms with Crippen molar-refractivity contribution in [1.29, 1.82) is 0 Å². The van der Waals surface area contributed by atoms with Crippen molar-refractivity contribution in [3.05, 3.63) is 52.5 Å². The fourth-order valence-electron chi connectivity index (χ4n) is 2.08. The molecule has 0 bridgehead atoms. The van der Waals surface area contributed by atoms with Gasteiger partial charge in [0.2, 0.25) is 5.91 Å². The molecule has 0 aliphatic heterocycles. The lowest BCUT2D eigenvalue weighted by Crippen LogP contribution is -2.30. The number of aromatic nitrogens is 3. The van der Waals surface area contributed by atoms with E-state index in [1.54, 1.807) is 18.0 Å². The Morgan fingerprint density at radius 2 is 1.96 bits per heavy atom. The average Bonchev–Trinajstić information content (AvgIpc) is 3.31. The second-order valence-electron chi connectivity index (χ2n) is 4.84. The maximum atomic E-state index is 12.4. The van der Waals surface area contributed by atoms with E-state index < -0.39 is 0 Å². The van der Waals surface area contributed by atoms with Gasteiger partial charge in [-0.25, -0.2) is 4.98 Å². The lowest BCUT2D eigenvalue weighted by Gasteiger charge is -2.16. The highest BCUT2D eigenvalue weighted by Crippen LogP contribution is 2.29. The standard InChI is InChI=1S/C16H16N4OS4/c1-2-22-15-19-20-16(25-15)24-10-12(21)18-13(14-17-8-9-23-14)11-6-4-3-5-7-11/h3-9,13H,2,10H2,1H3,(H,18,21). The summed E-state index contributed by atoms with van der Waals surface area (Å²) in [7, 11) is 0. The first-order chi connectivity index (χ1) is 12.3. The molecular formula is C16H16N4OS4. The Hall–Kier alpha value is -1.42. The third-order valence-electron chi connectivity index (χ3n) is 3.12. The molecule has 0 saturated carbocycles. The quantitative estimate of drug-likeness (QED) is 0.566. The van der Waals surface area contributed by atoms with Crippen LogP contribution in [0.5, 0.6) is 0 Å². The number of benzene rings is 1. The molecule has 0 saturated heterocycles. The molecule has 0 aliphatic carbocycles. The van der Waals surface area contributed by atoms with Crippen molar-refractivity contribution in [2.24, 2.45) is 0 Å². The molecule has 3 aromatic rings. The van der Waals surface area contributed by atoms with Crippen LogP contribution in [0, 0.1) is 0 Å². The predicted octanol–water partition coefficient (Wildman–Crippen LogP) is 4.10. The summed E-state index contributed by atoms with van der Waals surface area (Å²) in [6.07, 6.45) is 1.75. The number of nitrogens with one attached hydrogen (secondary N) is 1. The van der Waals surface area contributed by atoms with Crippen molar-refractivity contribution < 1.29 is 4.79 Å². The molecule has 3 rings (SSSR count). The maximum Gasteiger partial charge on any atom is 0.231 e. The van der Waals surface area contributed by atoms with Crippen molar-refractivity contribution in [1.82, 2.24) is 20.5 Å². The van der Waals surface area contributed by atoms with E-state index >= 15 is 0 Å². The van der Waals surface area contributed by atoms with Gasteiger partial charge in [0.05, 0.1) is 5.75 Å². The summed E-state index contributed by atoms with van der Waals surface area (Å²) >= 11 is 6.13. The Kier molecular flexibility index (Phi) is 6.85. The zero-order chi connectivity index (χ0) is 17.5. The Balaban J connectivity index is 1.62. The molecule has 5 nitrogen and oxygen atoms in total. The topological polar surface area (TPSA) is 67.8 Å². The lowest BCUT2D eigenvalue weighted by molar-refractivity contribution is -0.119. The van der Waals surface area contributed by atoms with Gasteiger partial charge in [-0.2, -0.15) is 0 Å². The van der Waals surface area contributed by atoms with Crippen LogP contribution in [0.15, 0.2) is 50.6 Å². The molecule has 0 spiro atoms. The Morgan fingerprint density at radius 3 is 2.64 bits per heavy atom. The summed E-state index contributed by atoms with van der Waals surface area (Å²) in [5.41, 5.74) is 1.02. The summed E-state index contributed by atoms with van der Waals surface area (Å²) in [4.78, 5) is 16.8. The summed E-state index contributed by atoms with van der Waals surface area (Å²) < 4.78 is 1.76. The lowest BCUT2D eigenvalue weighted by atomic mass is 10.1. The minimum Gasteiger partial charge on any atom is -0.342 e. The highest BCUT2D eigenvalue weighted by Gasteiger charge is 2.19. The Morgan fingerprint density at radius 1 is 1.20 bits per heavy atom. The molecule has 2 heterocycles. The van der Waals surface area contributed by atoms with E-state index in [2.05, 4.69) is 27.4 Å². The van der Waals surface area contributed by atoms with Crippen LogP contribution < -0.4 is 5.32 Å². The number of carbonyl (C=O) groups is 1. The second-order valence-corrected chi connectivity index (χ2v) is 9.47. The first-order valence-electron chi connectivity index (χ1n) is 7.59. The molecule has 1 N–H and O–H groups in total. The van der Waals surface area contributed by atoms with E-state index in [4.69, 9.17) is 0 Å². The van der Waals surface area contributed by atoms with Crippen LogP contribution in [0.1, 0.15) is 23.5 Å². The number of nitrogens with zero attached hydrogens (tertiary/aromatic N) is 3. The smallest absolute Gasteiger partial charge is 0.231 e. The molecule has 1 unspecified atom stereocenters. The van der Waals surface area contributed by atoms with Crippen molar-refractivity contribution in [3.63, 3.8) is 0 Å². The van der Waals surface area contributed by atoms with E-state index in [9.17, 15) is 4.79 Å². The SMILES string of the molecule is CCSc1nnc(SCC(=O)NC(c2ccccc2)c2nccs2)s1. The van der Waals surface area contributed by atoms with E-state index in [-0.39, 0.29) is 11.9 Å². The molecule has 1 atom stereocenters. The molecule has 25 heavy (non-hydrogen) atoms. The molecular weight excluding hydrogens is 392 g/mol. The molecule has 130 valence electrons. The normalized spacial score (nSPS) is 12.0. The largest absolute Gasteiger partial charge is 0.342 e. The van der Waals surface area contributed by atoms with Crippen molar-refractivity contribution in [2.75, 3.05) is 11.5 Å². The van der Waals surface area contributed by atoms with Crippen LogP contribution in [0.2, 0.25) is 0 Å². The van der Waals surface area contributed by atoms with Crippen LogP contribution in [-0.2, 0) is 4.79 Å². The summed E-state index contributed by atoms with van der Waals surface area (Å²) in [6.45, 7) is 2.08. The second kappa shape index (κ2) is 9.33. The van der Waals surface area contributed by atoms with Crippen LogP contribution >= 0.6 is 46.2 Å². The summed E-state index contributed by atoms with van der Waals surface area (Å²) in [5, 5.41) is 14.1. The minimum atomic E-state index is -0.227. The van der Waals surface area contributed by atoms with Gasteiger partial charge in [0, 0.05) is 11.6 Å². The number of thioether (sulfide) groups is 2. The number of carbonyl (C=O) groups excluding carboxylic acids is 1. The molecule has 0 radical (unpaired) electrons. The average molecular weight is 409 g/mol. The van der Waals surface area contributed by atoms with Gasteiger partial charge < -0.3 is 5.32 Å². The van der Waals surface area contributed by atoms with Gasteiger partial charge in [0.25, 0.3) is 0 Å². The van der Waals surface area contributed by atoms with Gasteiger partial charge in [-0.05, 0) is 11.3 Å². The van der Waals surface area contributed by atoms with Gasteiger partial charge in [0.15, 0.2) is 8.68 Å². The number of hydrogen-bond donors (Lipinski definition) is 1. The fraction of sp³-hybridized carbons (Fsp3) is 0.250. The van der Waals surface area contributed by atoms with Crippen molar-refractivity contribution in [3.8, 4) is 0 Å². The first kappa shape index (κ1) is 18.4. The molecule has 1 aromatic carbocycles. The van der Waals surface area contributed by atoms with Crippen LogP contribution in [0.3, 0.4) is 0 Å². The van der Waals surface area contributed by atoms with Gasteiger partial charge >= 0.3 is 0 Å². The van der Waals surface area contributed by atoms with E-state index in [1.165, 1.54) is 34.4 Å². The van der Waals surface area contributed by atoms with Gasteiger partial charge in [-0.3, -0.25) is 4.79 Å². The van der Waals surface area contributed by atoms with Crippen molar-refractivity contribution in [2.45, 2.75) is 21.6 Å². The zero-order valence-electron chi connectivity index (χ0n) is 13.4. The third kappa shape index (κ3) is 5.27. The number of rotatable bonds is 8. The van der Waals surface area contributed by atoms with Crippen molar-refractivity contribution >= 4 is 52.1 Å². The number of hydrogen-bond acceptors (Lipinski definition) is 8. The minimum absolute atomic E-state index is 0.0473. The fourth-order valence-corrected chi connectivity index (χ4v) is 5.52. The predicted molar refractivity (Wildman–Crippen MR) is 106 cm³/mol. The van der Waals surface area contributed by atoms with E-state index in [1.807, 2.05) is 35.7 Å². The van der Waals surface area contributed by atoms with Gasteiger partial charge in [-0.15, -0.1) is 21.5 Å². The molecule has 0 fully saturated rings. The van der Waals surface area contributed by atoms with Gasteiger partial charge in [0.1, 0.15) is 11.0 Å². The number of thiazole rings is 1. The number of amides is 1. The molecule has 1 amide bonds. The first-order valence-corrected chi connectivity index (χ1v) is 11.3. The summed E-state index contributed by atoms with van der Waals surface area (Å²) in [5.74, 6) is 1.22. The Bertz CT molecular complexity index is 792. The highest BCUT2D eigenvalue weighted by molar-refractivity contribution is 8.03. The van der Waals surface area contributed by atoms with E-state index in [0.717, 1.165) is 25.0 Å². The Labute approximate surface area is 162 Å². The van der Waals surface area contributed by atoms with Crippen LogP contribution in [0.25, 0.3) is 0 Å². The monoisotopic (exact) mass is 408 g/mol. The highest BCUT2D eigenvalue weighted by atomic mass is 32.2. The summed E-state index contributed by atoms with van der Waals surface area (Å²) in [6, 6.07) is 9.66.